The Labute approximate surface area is 219 Å². The van der Waals surface area contributed by atoms with Crippen molar-refractivity contribution in [1.29, 1.82) is 0 Å². The topological polar surface area (TPSA) is 88.4 Å². The van der Waals surface area contributed by atoms with Gasteiger partial charge in [-0.3, -0.25) is 4.72 Å². The zero-order valence-corrected chi connectivity index (χ0v) is 21.6. The third-order valence-electron chi connectivity index (χ3n) is 5.77. The Morgan fingerprint density at radius 1 is 1.03 bits per heavy atom. The maximum Gasteiger partial charge on any atom is 0.263 e. The summed E-state index contributed by atoms with van der Waals surface area (Å²) in [4.78, 5) is 4.62. The molecule has 36 heavy (non-hydrogen) atoms. The van der Waals surface area contributed by atoms with Crippen LogP contribution in [-0.4, -0.2) is 29.0 Å². The summed E-state index contributed by atoms with van der Waals surface area (Å²) in [6, 6.07) is 25.2. The second-order valence-corrected chi connectivity index (χ2v) is 10.9. The highest BCUT2D eigenvalue weighted by atomic mass is 35.5. The van der Waals surface area contributed by atoms with E-state index in [2.05, 4.69) is 20.1 Å². The molecular formula is C26H22ClN5O2S2. The molecule has 2 N–H and O–H groups in total. The lowest BCUT2D eigenvalue weighted by Crippen LogP contribution is -2.33. The van der Waals surface area contributed by atoms with Gasteiger partial charge in [0.25, 0.3) is 10.0 Å². The number of aliphatic imine (C=N–C) groups is 1. The molecule has 2 heterocycles. The van der Waals surface area contributed by atoms with Crippen LogP contribution in [0.25, 0.3) is 5.69 Å². The zero-order chi connectivity index (χ0) is 25.3. The van der Waals surface area contributed by atoms with Crippen molar-refractivity contribution in [2.75, 3.05) is 4.72 Å². The number of nitrogens with one attached hydrogen (secondary N) is 2. The second-order valence-electron chi connectivity index (χ2n) is 8.36. The van der Waals surface area contributed by atoms with Crippen molar-refractivity contribution in [3.63, 3.8) is 0 Å². The van der Waals surface area contributed by atoms with Crippen molar-refractivity contribution in [3.05, 3.63) is 107 Å². The average molecular weight is 536 g/mol. The Morgan fingerprint density at radius 3 is 2.42 bits per heavy atom. The molecular weight excluding hydrogens is 514 g/mol. The van der Waals surface area contributed by atoms with Crippen LogP contribution in [0.15, 0.2) is 94.8 Å². The van der Waals surface area contributed by atoms with Gasteiger partial charge >= 0.3 is 0 Å². The normalized spacial score (nSPS) is 15.8. The zero-order valence-electron chi connectivity index (χ0n) is 19.2. The average Bonchev–Trinajstić information content (AvgIpc) is 3.24. The van der Waals surface area contributed by atoms with Crippen LogP contribution >= 0.6 is 23.8 Å². The van der Waals surface area contributed by atoms with Gasteiger partial charge < -0.3 is 5.32 Å². The van der Waals surface area contributed by atoms with E-state index in [1.165, 1.54) is 0 Å². The first-order chi connectivity index (χ1) is 17.3. The highest BCUT2D eigenvalue weighted by Gasteiger charge is 2.23. The van der Waals surface area contributed by atoms with Gasteiger partial charge in [0, 0.05) is 17.5 Å². The van der Waals surface area contributed by atoms with Crippen LogP contribution in [-0.2, 0) is 10.0 Å². The molecule has 3 aromatic carbocycles. The lowest BCUT2D eigenvalue weighted by Gasteiger charge is -2.25. The summed E-state index contributed by atoms with van der Waals surface area (Å²) in [6.45, 7) is 1.81. The molecule has 10 heteroatoms. The van der Waals surface area contributed by atoms with Crippen molar-refractivity contribution in [1.82, 2.24) is 15.1 Å². The lowest BCUT2D eigenvalue weighted by molar-refractivity contribution is 0.600. The van der Waals surface area contributed by atoms with Crippen molar-refractivity contribution < 1.29 is 8.42 Å². The van der Waals surface area contributed by atoms with Crippen LogP contribution in [0.3, 0.4) is 0 Å². The van der Waals surface area contributed by atoms with Gasteiger partial charge in [0.15, 0.2) is 5.11 Å². The van der Waals surface area contributed by atoms with Crippen LogP contribution in [0.1, 0.15) is 29.3 Å². The van der Waals surface area contributed by atoms with Crippen molar-refractivity contribution in [2.45, 2.75) is 24.3 Å². The number of benzene rings is 3. The summed E-state index contributed by atoms with van der Waals surface area (Å²) >= 11 is 11.4. The molecule has 0 radical (unpaired) electrons. The molecule has 0 bridgehead atoms. The predicted octanol–water partition coefficient (Wildman–Crippen LogP) is 5.44. The van der Waals surface area contributed by atoms with Crippen molar-refractivity contribution in [2.24, 2.45) is 4.99 Å². The summed E-state index contributed by atoms with van der Waals surface area (Å²) in [5.41, 5.74) is 4.09. The molecule has 0 aliphatic carbocycles. The molecule has 1 aliphatic heterocycles. The maximum atomic E-state index is 13.2. The first-order valence-corrected chi connectivity index (χ1v) is 13.4. The number of anilines is 1. The van der Waals surface area contributed by atoms with Gasteiger partial charge in [-0.1, -0.05) is 54.1 Å². The fourth-order valence-electron chi connectivity index (χ4n) is 4.03. The SMILES string of the molecule is Cc1cc(NS(=O)(=O)c2ccc(C3=NC(=S)NC(c4ccc(Cl)cc4)C3)cc2)n(-c2ccccc2)n1. The van der Waals surface area contributed by atoms with E-state index >= 15 is 0 Å². The van der Waals surface area contributed by atoms with E-state index in [9.17, 15) is 8.42 Å². The minimum absolute atomic E-state index is 0.0474. The largest absolute Gasteiger partial charge is 0.354 e. The number of hydrogen-bond acceptors (Lipinski definition) is 4. The molecule has 1 atom stereocenters. The molecule has 0 saturated carbocycles. The number of thiocarbonyl (C=S) groups is 1. The number of hydrogen-bond donors (Lipinski definition) is 2. The van der Waals surface area contributed by atoms with E-state index in [0.29, 0.717) is 28.1 Å². The fraction of sp³-hybridized carbons (Fsp3) is 0.115. The Bertz CT molecular complexity index is 1550. The van der Waals surface area contributed by atoms with Gasteiger partial charge in [0.2, 0.25) is 0 Å². The molecule has 182 valence electrons. The summed E-state index contributed by atoms with van der Waals surface area (Å²) in [5.74, 6) is 0.363. The third kappa shape index (κ3) is 5.18. The number of sulfonamides is 1. The van der Waals surface area contributed by atoms with Crippen LogP contribution in [0.5, 0.6) is 0 Å². The van der Waals surface area contributed by atoms with E-state index in [1.54, 1.807) is 35.0 Å². The quantitative estimate of drug-likeness (QED) is 0.321. The Morgan fingerprint density at radius 2 is 1.72 bits per heavy atom. The van der Waals surface area contributed by atoms with Gasteiger partial charge in [-0.15, -0.1) is 0 Å². The fourth-order valence-corrected chi connectivity index (χ4v) is 5.45. The predicted molar refractivity (Wildman–Crippen MR) is 147 cm³/mol. The Hall–Kier alpha value is -3.53. The minimum atomic E-state index is -3.85. The molecule has 5 rings (SSSR count). The van der Waals surface area contributed by atoms with Crippen molar-refractivity contribution >= 4 is 50.5 Å². The van der Waals surface area contributed by atoms with Gasteiger partial charge in [-0.2, -0.15) is 5.10 Å². The van der Waals surface area contributed by atoms with E-state index in [1.807, 2.05) is 61.5 Å². The van der Waals surface area contributed by atoms with Gasteiger partial charge in [0.1, 0.15) is 5.82 Å². The summed E-state index contributed by atoms with van der Waals surface area (Å²) in [7, 11) is -3.85. The summed E-state index contributed by atoms with van der Waals surface area (Å²) in [5, 5.41) is 8.70. The molecule has 4 aromatic rings. The molecule has 1 unspecified atom stereocenters. The summed E-state index contributed by atoms with van der Waals surface area (Å²) in [6.07, 6.45) is 0.599. The van der Waals surface area contributed by atoms with Crippen LogP contribution < -0.4 is 10.0 Å². The summed E-state index contributed by atoms with van der Waals surface area (Å²) < 4.78 is 30.6. The molecule has 1 aromatic heterocycles. The number of halogens is 1. The van der Waals surface area contributed by atoms with Crippen LogP contribution in [0, 0.1) is 6.92 Å². The monoisotopic (exact) mass is 535 g/mol. The molecule has 0 fully saturated rings. The van der Waals surface area contributed by atoms with E-state index in [4.69, 9.17) is 23.8 Å². The lowest BCUT2D eigenvalue weighted by atomic mass is 9.96. The number of aromatic nitrogens is 2. The number of rotatable bonds is 6. The van der Waals surface area contributed by atoms with Gasteiger partial charge in [0.05, 0.1) is 28.0 Å². The number of para-hydroxylation sites is 1. The van der Waals surface area contributed by atoms with Crippen molar-refractivity contribution in [3.8, 4) is 5.69 Å². The Balaban J connectivity index is 1.37. The number of aryl methyl sites for hydroxylation is 1. The van der Waals surface area contributed by atoms with E-state index in [0.717, 1.165) is 22.5 Å². The molecule has 0 saturated heterocycles. The Kier molecular flexibility index (Phi) is 6.61. The third-order valence-corrected chi connectivity index (χ3v) is 7.60. The standard InChI is InChI=1S/C26H22ClN5O2S2/c1-17-15-25(32(30-17)21-5-3-2-4-6-21)31-36(33,34)22-13-9-19(10-14-22)24-16-23(28-26(35)29-24)18-7-11-20(27)12-8-18/h2-15,23,31H,16H2,1H3,(H,28,35). The van der Waals surface area contributed by atoms with E-state index in [-0.39, 0.29) is 10.9 Å². The molecule has 0 spiro atoms. The molecule has 7 nitrogen and oxygen atoms in total. The second kappa shape index (κ2) is 9.85. The molecule has 0 amide bonds. The van der Waals surface area contributed by atoms with Crippen LogP contribution in [0.4, 0.5) is 5.82 Å². The molecule has 1 aliphatic rings. The van der Waals surface area contributed by atoms with E-state index < -0.39 is 10.0 Å². The smallest absolute Gasteiger partial charge is 0.263 e. The highest BCUT2D eigenvalue weighted by Crippen LogP contribution is 2.26. The van der Waals surface area contributed by atoms with Gasteiger partial charge in [-0.05, 0) is 66.7 Å². The first kappa shape index (κ1) is 24.2. The van der Waals surface area contributed by atoms with Crippen LogP contribution in [0.2, 0.25) is 5.02 Å². The van der Waals surface area contributed by atoms with Gasteiger partial charge in [-0.25, -0.2) is 18.1 Å². The first-order valence-electron chi connectivity index (χ1n) is 11.2. The highest BCUT2D eigenvalue weighted by molar-refractivity contribution is 7.92. The number of nitrogens with zero attached hydrogens (tertiary/aromatic N) is 3. The minimum Gasteiger partial charge on any atom is -0.354 e. The maximum absolute atomic E-state index is 13.2.